The molecule has 1 atom stereocenters. The Kier molecular flexibility index (Phi) is 7.85. The van der Waals surface area contributed by atoms with E-state index in [1.165, 1.54) is 12.8 Å². The molecule has 1 unspecified atom stereocenters. The van der Waals surface area contributed by atoms with Crippen molar-refractivity contribution in [1.29, 1.82) is 0 Å². The number of nitrogens with zero attached hydrogens (tertiary/aromatic N) is 1. The highest BCUT2D eigenvalue weighted by Crippen LogP contribution is 2.20. The van der Waals surface area contributed by atoms with E-state index in [9.17, 15) is 9.59 Å². The predicted molar refractivity (Wildman–Crippen MR) is 116 cm³/mol. The lowest BCUT2D eigenvalue weighted by Gasteiger charge is -2.31. The van der Waals surface area contributed by atoms with E-state index >= 15 is 0 Å². The van der Waals surface area contributed by atoms with Gasteiger partial charge in [0.15, 0.2) is 0 Å². The molecular formula is C25H32N2O2. The number of nitrogens with one attached hydrogen (secondary N) is 1. The Hall–Kier alpha value is -2.62. The molecule has 2 aromatic carbocycles. The molecule has 4 heteroatoms. The second kappa shape index (κ2) is 10.8. The molecule has 29 heavy (non-hydrogen) atoms. The van der Waals surface area contributed by atoms with Gasteiger partial charge < -0.3 is 10.2 Å². The van der Waals surface area contributed by atoms with Gasteiger partial charge in [0.2, 0.25) is 11.8 Å². The lowest BCUT2D eigenvalue weighted by Crippen LogP contribution is -2.51. The Balaban J connectivity index is 1.72. The maximum Gasteiger partial charge on any atom is 0.243 e. The number of aryl methyl sites for hydroxylation is 1. The minimum Gasteiger partial charge on any atom is -0.352 e. The van der Waals surface area contributed by atoms with Crippen LogP contribution in [0.15, 0.2) is 60.7 Å². The Morgan fingerprint density at radius 3 is 2.14 bits per heavy atom. The first-order valence-electron chi connectivity index (χ1n) is 10.8. The molecule has 0 aromatic heterocycles. The van der Waals surface area contributed by atoms with Gasteiger partial charge in [-0.05, 0) is 36.8 Å². The highest BCUT2D eigenvalue weighted by atomic mass is 16.2. The van der Waals surface area contributed by atoms with E-state index in [2.05, 4.69) is 5.32 Å². The Labute approximate surface area is 174 Å². The van der Waals surface area contributed by atoms with Crippen LogP contribution in [0.2, 0.25) is 0 Å². The van der Waals surface area contributed by atoms with Crippen LogP contribution in [0.1, 0.15) is 56.6 Å². The molecule has 0 radical (unpaired) electrons. The van der Waals surface area contributed by atoms with Crippen LogP contribution < -0.4 is 5.32 Å². The molecule has 4 nitrogen and oxygen atoms in total. The molecule has 1 fully saturated rings. The monoisotopic (exact) mass is 392 g/mol. The summed E-state index contributed by atoms with van der Waals surface area (Å²) in [5.74, 6) is 0.0227. The minimum atomic E-state index is -0.431. The van der Waals surface area contributed by atoms with E-state index < -0.39 is 6.04 Å². The van der Waals surface area contributed by atoms with Crippen molar-refractivity contribution in [3.8, 4) is 0 Å². The minimum absolute atomic E-state index is 0.0107. The van der Waals surface area contributed by atoms with Crippen molar-refractivity contribution in [2.24, 2.45) is 0 Å². The van der Waals surface area contributed by atoms with Crippen molar-refractivity contribution >= 4 is 11.8 Å². The molecule has 0 bridgehead atoms. The average Bonchev–Trinajstić information content (AvgIpc) is 3.26. The van der Waals surface area contributed by atoms with Gasteiger partial charge in [-0.25, -0.2) is 0 Å². The van der Waals surface area contributed by atoms with E-state index in [0.717, 1.165) is 24.0 Å². The van der Waals surface area contributed by atoms with Gasteiger partial charge in [-0.2, -0.15) is 0 Å². The van der Waals surface area contributed by atoms with Gasteiger partial charge in [-0.3, -0.25) is 9.59 Å². The van der Waals surface area contributed by atoms with E-state index in [0.29, 0.717) is 25.8 Å². The molecule has 0 spiro atoms. The third-order valence-corrected chi connectivity index (χ3v) is 5.75. The highest BCUT2D eigenvalue weighted by Gasteiger charge is 2.30. The van der Waals surface area contributed by atoms with Gasteiger partial charge in [0, 0.05) is 19.0 Å². The molecule has 0 heterocycles. The van der Waals surface area contributed by atoms with Gasteiger partial charge in [-0.1, -0.05) is 80.4 Å². The Morgan fingerprint density at radius 2 is 1.55 bits per heavy atom. The summed E-state index contributed by atoms with van der Waals surface area (Å²) in [6, 6.07) is 19.8. The summed E-state index contributed by atoms with van der Waals surface area (Å²) in [7, 11) is 0. The summed E-state index contributed by atoms with van der Waals surface area (Å²) >= 11 is 0. The summed E-state index contributed by atoms with van der Waals surface area (Å²) in [5.41, 5.74) is 2.19. The number of hydrogen-bond donors (Lipinski definition) is 1. The molecule has 0 saturated heterocycles. The molecule has 0 aliphatic heterocycles. The summed E-state index contributed by atoms with van der Waals surface area (Å²) in [6.07, 6.45) is 6.14. The van der Waals surface area contributed by atoms with Gasteiger partial charge in [-0.15, -0.1) is 0 Å². The summed E-state index contributed by atoms with van der Waals surface area (Å²) < 4.78 is 0. The maximum atomic E-state index is 13.2. The highest BCUT2D eigenvalue weighted by molar-refractivity contribution is 5.88. The fourth-order valence-corrected chi connectivity index (χ4v) is 4.11. The largest absolute Gasteiger partial charge is 0.352 e. The van der Waals surface area contributed by atoms with Crippen LogP contribution in [0.25, 0.3) is 0 Å². The first-order valence-corrected chi connectivity index (χ1v) is 10.8. The van der Waals surface area contributed by atoms with Crippen LogP contribution in [0, 0.1) is 0 Å². The van der Waals surface area contributed by atoms with Gasteiger partial charge in [0.1, 0.15) is 6.04 Å². The number of carbonyl (C=O) groups excluding carboxylic acids is 2. The van der Waals surface area contributed by atoms with Crippen molar-refractivity contribution in [2.45, 2.75) is 70.5 Å². The zero-order valence-corrected chi connectivity index (χ0v) is 17.3. The van der Waals surface area contributed by atoms with Crippen molar-refractivity contribution < 1.29 is 9.59 Å². The molecule has 1 N–H and O–H groups in total. The van der Waals surface area contributed by atoms with Crippen molar-refractivity contribution in [3.63, 3.8) is 0 Å². The van der Waals surface area contributed by atoms with Crippen LogP contribution in [-0.4, -0.2) is 28.8 Å². The van der Waals surface area contributed by atoms with Crippen LogP contribution in [0.5, 0.6) is 0 Å². The smallest absolute Gasteiger partial charge is 0.243 e. The van der Waals surface area contributed by atoms with Gasteiger partial charge >= 0.3 is 0 Å². The van der Waals surface area contributed by atoms with Crippen LogP contribution in [-0.2, 0) is 22.6 Å². The molecular weight excluding hydrogens is 360 g/mol. The van der Waals surface area contributed by atoms with E-state index in [1.54, 1.807) is 4.90 Å². The molecule has 3 rings (SSSR count). The topological polar surface area (TPSA) is 49.4 Å². The number of hydrogen-bond acceptors (Lipinski definition) is 2. The fraction of sp³-hybridized carbons (Fsp3) is 0.440. The molecule has 1 aliphatic carbocycles. The lowest BCUT2D eigenvalue weighted by molar-refractivity contribution is -0.141. The van der Waals surface area contributed by atoms with Crippen LogP contribution in [0.4, 0.5) is 0 Å². The summed E-state index contributed by atoms with van der Waals surface area (Å²) in [4.78, 5) is 28.0. The summed E-state index contributed by atoms with van der Waals surface area (Å²) in [5, 5.41) is 3.19. The van der Waals surface area contributed by atoms with E-state index in [-0.39, 0.29) is 17.9 Å². The van der Waals surface area contributed by atoms with E-state index in [4.69, 9.17) is 0 Å². The zero-order chi connectivity index (χ0) is 20.5. The number of rotatable bonds is 9. The second-order valence-electron chi connectivity index (χ2n) is 7.91. The second-order valence-corrected chi connectivity index (χ2v) is 7.91. The van der Waals surface area contributed by atoms with Crippen molar-refractivity contribution in [2.75, 3.05) is 0 Å². The molecule has 2 amide bonds. The number of amides is 2. The van der Waals surface area contributed by atoms with Crippen LogP contribution >= 0.6 is 0 Å². The predicted octanol–water partition coefficient (Wildman–Crippen LogP) is 4.49. The van der Waals surface area contributed by atoms with E-state index in [1.807, 2.05) is 67.6 Å². The first kappa shape index (κ1) is 21.1. The summed E-state index contributed by atoms with van der Waals surface area (Å²) in [6.45, 7) is 2.45. The molecule has 2 aromatic rings. The number of carbonyl (C=O) groups is 2. The third kappa shape index (κ3) is 6.18. The van der Waals surface area contributed by atoms with Crippen LogP contribution in [0.3, 0.4) is 0 Å². The molecule has 1 aliphatic rings. The first-order chi connectivity index (χ1) is 14.2. The lowest BCUT2D eigenvalue weighted by atomic mass is 10.1. The SMILES string of the molecule is CCC(C(=O)NC1CCCC1)N(Cc1ccccc1)C(=O)CCc1ccccc1. The zero-order valence-electron chi connectivity index (χ0n) is 17.3. The van der Waals surface area contributed by atoms with Gasteiger partial charge in [0.25, 0.3) is 0 Å². The standard InChI is InChI=1S/C25H32N2O2/c1-2-23(25(29)26-22-15-9-10-16-22)27(19-21-13-7-4-8-14-21)24(28)18-17-20-11-5-3-6-12-20/h3-8,11-14,22-23H,2,9-10,15-19H2,1H3,(H,26,29). The molecule has 154 valence electrons. The quantitative estimate of drug-likeness (QED) is 0.684. The maximum absolute atomic E-state index is 13.2. The number of benzene rings is 2. The average molecular weight is 393 g/mol. The Morgan fingerprint density at radius 1 is 0.966 bits per heavy atom. The van der Waals surface area contributed by atoms with Crippen molar-refractivity contribution in [1.82, 2.24) is 10.2 Å². The fourth-order valence-electron chi connectivity index (χ4n) is 4.11. The Bertz CT molecular complexity index is 770. The van der Waals surface area contributed by atoms with Crippen molar-refractivity contribution in [3.05, 3.63) is 71.8 Å². The normalized spacial score (nSPS) is 15.1. The third-order valence-electron chi connectivity index (χ3n) is 5.75. The van der Waals surface area contributed by atoms with Gasteiger partial charge in [0.05, 0.1) is 0 Å². The molecule has 1 saturated carbocycles.